The summed E-state index contributed by atoms with van der Waals surface area (Å²) in [5.74, 6) is -0.276. The highest BCUT2D eigenvalue weighted by atomic mass is 19.1. The van der Waals surface area contributed by atoms with E-state index < -0.39 is 20.9 Å². The number of fused-ring (bicyclic) bond motifs is 2. The summed E-state index contributed by atoms with van der Waals surface area (Å²) in [5, 5.41) is 0. The molecule has 0 bridgehead atoms. The molecule has 0 N–H and O–H groups in total. The predicted octanol–water partition coefficient (Wildman–Crippen LogP) is 2.08. The smallest absolute Gasteiger partial charge is 0.407 e. The van der Waals surface area contributed by atoms with Gasteiger partial charge >= 0.3 is 14.2 Å². The van der Waals surface area contributed by atoms with Crippen LogP contribution in [0.5, 0.6) is 0 Å². The number of rotatable bonds is 7. The maximum atomic E-state index is 13.3. The number of halogens is 2. The first-order valence-electron chi connectivity index (χ1n) is 9.65. The van der Waals surface area contributed by atoms with Gasteiger partial charge in [-0.3, -0.25) is 0 Å². The van der Waals surface area contributed by atoms with Crippen LogP contribution in [0.1, 0.15) is 29.2 Å². The molecule has 4 rings (SSSR count). The highest BCUT2D eigenvalue weighted by Gasteiger charge is 2.32. The van der Waals surface area contributed by atoms with Crippen LogP contribution < -0.4 is 10.9 Å². The topological polar surface area (TPSA) is 36.9 Å². The molecule has 2 aromatic rings. The molecular formula is C20H22B2F2O4. The van der Waals surface area contributed by atoms with Crippen molar-refractivity contribution in [1.82, 2.24) is 0 Å². The van der Waals surface area contributed by atoms with Crippen LogP contribution in [0, 0.1) is 5.82 Å². The highest BCUT2D eigenvalue weighted by molar-refractivity contribution is 6.63. The molecule has 0 radical (unpaired) electrons. The summed E-state index contributed by atoms with van der Waals surface area (Å²) in [6.07, 6.45) is 1.56. The first-order chi connectivity index (χ1) is 13.7. The second-order valence-electron chi connectivity index (χ2n) is 6.94. The molecule has 0 fully saturated rings. The Morgan fingerprint density at radius 3 is 2.54 bits per heavy atom. The number of alkyl halides is 1. The van der Waals surface area contributed by atoms with Gasteiger partial charge in [0.2, 0.25) is 0 Å². The second kappa shape index (κ2) is 8.74. The Kier molecular flexibility index (Phi) is 6.11. The van der Waals surface area contributed by atoms with Crippen LogP contribution in [0.25, 0.3) is 0 Å². The van der Waals surface area contributed by atoms with Gasteiger partial charge in [0.25, 0.3) is 0 Å². The zero-order valence-electron chi connectivity index (χ0n) is 15.9. The Labute approximate surface area is 164 Å². The molecule has 2 aromatic carbocycles. The fourth-order valence-corrected chi connectivity index (χ4v) is 3.97. The Morgan fingerprint density at radius 1 is 1.04 bits per heavy atom. The van der Waals surface area contributed by atoms with Crippen LogP contribution in [-0.4, -0.2) is 34.1 Å². The van der Waals surface area contributed by atoms with E-state index in [1.807, 2.05) is 19.1 Å². The molecule has 0 aliphatic carbocycles. The molecule has 2 aliphatic heterocycles. The van der Waals surface area contributed by atoms with E-state index >= 15 is 0 Å². The van der Waals surface area contributed by atoms with Crippen molar-refractivity contribution in [2.45, 2.75) is 33.0 Å². The maximum absolute atomic E-state index is 13.3. The summed E-state index contributed by atoms with van der Waals surface area (Å²) in [6.45, 7) is 3.12. The lowest BCUT2D eigenvalue weighted by atomic mass is 9.70. The highest BCUT2D eigenvalue weighted by Crippen LogP contribution is 2.20. The maximum Gasteiger partial charge on any atom is 0.494 e. The molecule has 0 amide bonds. The van der Waals surface area contributed by atoms with Gasteiger partial charge in [-0.1, -0.05) is 25.1 Å². The van der Waals surface area contributed by atoms with Crippen molar-refractivity contribution >= 4 is 25.2 Å². The lowest BCUT2D eigenvalue weighted by molar-refractivity contribution is 0.146. The van der Waals surface area contributed by atoms with E-state index in [-0.39, 0.29) is 5.82 Å². The molecule has 0 spiro atoms. The van der Waals surface area contributed by atoms with E-state index in [9.17, 15) is 8.78 Å². The molecule has 146 valence electrons. The van der Waals surface area contributed by atoms with Gasteiger partial charge in [0, 0.05) is 6.61 Å². The lowest BCUT2D eigenvalue weighted by Gasteiger charge is -2.26. The monoisotopic (exact) mass is 386 g/mol. The third-order valence-corrected chi connectivity index (χ3v) is 5.31. The molecule has 0 saturated carbocycles. The molecule has 0 aromatic heterocycles. The third kappa shape index (κ3) is 3.87. The van der Waals surface area contributed by atoms with E-state index in [2.05, 4.69) is 0 Å². The van der Waals surface area contributed by atoms with Crippen molar-refractivity contribution in [3.05, 3.63) is 58.4 Å². The first-order valence-corrected chi connectivity index (χ1v) is 9.65. The van der Waals surface area contributed by atoms with Crippen molar-refractivity contribution in [3.8, 4) is 0 Å². The molecule has 0 atom stereocenters. The van der Waals surface area contributed by atoms with Crippen LogP contribution in [-0.2, 0) is 44.7 Å². The number of hydrogen-bond acceptors (Lipinski definition) is 4. The van der Waals surface area contributed by atoms with Crippen molar-refractivity contribution in [1.29, 1.82) is 0 Å². The minimum absolute atomic E-state index is 0.276. The molecule has 0 saturated heterocycles. The third-order valence-electron chi connectivity index (χ3n) is 5.31. The normalized spacial score (nSPS) is 15.7. The standard InChI is InChI=1S/C20H22B2F2O4/c1-2-17-14(12-23)3-5-20-18(17)7-8-25-22(20)27-10-9-26-21-19-6-4-16(24)11-15(19)13-28-21/h3-6,11H,2,7-10,12-13H2,1H3. The van der Waals surface area contributed by atoms with Crippen molar-refractivity contribution in [3.63, 3.8) is 0 Å². The van der Waals surface area contributed by atoms with Gasteiger partial charge in [0.1, 0.15) is 12.5 Å². The summed E-state index contributed by atoms with van der Waals surface area (Å²) < 4.78 is 49.5. The molecule has 4 nitrogen and oxygen atoms in total. The van der Waals surface area contributed by atoms with Gasteiger partial charge in [0.05, 0.1) is 19.8 Å². The average Bonchev–Trinajstić information content (AvgIpc) is 3.12. The second-order valence-corrected chi connectivity index (χ2v) is 6.94. The van der Waals surface area contributed by atoms with Crippen LogP contribution >= 0.6 is 0 Å². The van der Waals surface area contributed by atoms with E-state index in [4.69, 9.17) is 18.6 Å². The summed E-state index contributed by atoms with van der Waals surface area (Å²) in [6, 6.07) is 8.29. The van der Waals surface area contributed by atoms with E-state index in [0.717, 1.165) is 46.0 Å². The van der Waals surface area contributed by atoms with E-state index in [1.165, 1.54) is 12.1 Å². The van der Waals surface area contributed by atoms with Gasteiger partial charge in [0.15, 0.2) is 0 Å². The Morgan fingerprint density at radius 2 is 1.79 bits per heavy atom. The van der Waals surface area contributed by atoms with Crippen LogP contribution in [0.15, 0.2) is 30.3 Å². The summed E-state index contributed by atoms with van der Waals surface area (Å²) in [5.41, 5.74) is 5.59. The van der Waals surface area contributed by atoms with Crippen LogP contribution in [0.3, 0.4) is 0 Å². The van der Waals surface area contributed by atoms with Crippen molar-refractivity contribution in [2.75, 3.05) is 19.8 Å². The zero-order valence-corrected chi connectivity index (χ0v) is 15.9. The predicted molar refractivity (Wildman–Crippen MR) is 104 cm³/mol. The minimum Gasteiger partial charge on any atom is -0.407 e. The van der Waals surface area contributed by atoms with E-state index in [1.54, 1.807) is 6.07 Å². The quantitative estimate of drug-likeness (QED) is 0.540. The minimum atomic E-state index is -0.502. The number of benzene rings is 2. The largest absolute Gasteiger partial charge is 0.494 e. The molecule has 28 heavy (non-hydrogen) atoms. The SMILES string of the molecule is CCc1c(CF)ccc2c1CCOB2OCCOB1OCc2cc(F)ccc21. The van der Waals surface area contributed by atoms with Crippen LogP contribution in [0.2, 0.25) is 0 Å². The molecule has 0 unspecified atom stereocenters. The molecule has 2 heterocycles. The fourth-order valence-electron chi connectivity index (χ4n) is 3.97. The van der Waals surface area contributed by atoms with Crippen LogP contribution in [0.4, 0.5) is 8.78 Å². The van der Waals surface area contributed by atoms with Gasteiger partial charge in [-0.05, 0) is 58.2 Å². The number of hydrogen-bond donors (Lipinski definition) is 0. The summed E-state index contributed by atoms with van der Waals surface area (Å²) in [7, 11) is -0.977. The van der Waals surface area contributed by atoms with Crippen molar-refractivity contribution < 1.29 is 27.4 Å². The molecular weight excluding hydrogens is 364 g/mol. The van der Waals surface area contributed by atoms with Gasteiger partial charge in [-0.15, -0.1) is 0 Å². The van der Waals surface area contributed by atoms with E-state index in [0.29, 0.717) is 26.4 Å². The Hall–Kier alpha value is -1.73. The summed E-state index contributed by atoms with van der Waals surface area (Å²) >= 11 is 0. The first kappa shape index (κ1) is 19.6. The molecule has 8 heteroatoms. The van der Waals surface area contributed by atoms with Gasteiger partial charge in [-0.25, -0.2) is 8.78 Å². The molecule has 2 aliphatic rings. The summed E-state index contributed by atoms with van der Waals surface area (Å²) in [4.78, 5) is 0. The zero-order chi connectivity index (χ0) is 19.5. The Balaban J connectivity index is 1.35. The Bertz CT molecular complexity index is 849. The fraction of sp³-hybridized carbons (Fsp3) is 0.400. The van der Waals surface area contributed by atoms with Gasteiger partial charge in [-0.2, -0.15) is 0 Å². The van der Waals surface area contributed by atoms with Gasteiger partial charge < -0.3 is 18.6 Å². The van der Waals surface area contributed by atoms with Crippen molar-refractivity contribution in [2.24, 2.45) is 0 Å². The lowest BCUT2D eigenvalue weighted by Crippen LogP contribution is -2.45. The average molecular weight is 386 g/mol.